The second-order valence-electron chi connectivity index (χ2n) is 4.93. The lowest BCUT2D eigenvalue weighted by Gasteiger charge is -2.24. The van der Waals surface area contributed by atoms with Crippen molar-refractivity contribution >= 4 is 17.8 Å². The summed E-state index contributed by atoms with van der Waals surface area (Å²) >= 11 is 0. The second kappa shape index (κ2) is 5.96. The molecule has 0 aromatic carbocycles. The van der Waals surface area contributed by atoms with Gasteiger partial charge in [0.15, 0.2) is 5.76 Å². The lowest BCUT2D eigenvalue weighted by atomic mass is 10.2. The molecule has 0 aliphatic carbocycles. The van der Waals surface area contributed by atoms with Crippen LogP contribution in [0.5, 0.6) is 0 Å². The first-order valence-electron chi connectivity index (χ1n) is 6.39. The maximum atomic E-state index is 12.1. The molecule has 1 aromatic rings. The van der Waals surface area contributed by atoms with Gasteiger partial charge in [0.1, 0.15) is 6.04 Å². The number of aliphatic hydroxyl groups is 1. The minimum absolute atomic E-state index is 0.00306. The average molecular weight is 296 g/mol. The SMILES string of the molecule is CN(CC(=O)N1C[C@H](O)C[C@H]1C(=O)O)C(=O)c1ccco1. The highest BCUT2D eigenvalue weighted by Crippen LogP contribution is 2.18. The average Bonchev–Trinajstić information content (AvgIpc) is 3.06. The zero-order chi connectivity index (χ0) is 15.6. The summed E-state index contributed by atoms with van der Waals surface area (Å²) in [4.78, 5) is 37.3. The third kappa shape index (κ3) is 3.22. The van der Waals surface area contributed by atoms with E-state index >= 15 is 0 Å². The Morgan fingerprint density at radius 1 is 1.48 bits per heavy atom. The van der Waals surface area contributed by atoms with Crippen LogP contribution < -0.4 is 0 Å². The van der Waals surface area contributed by atoms with Crippen LogP contribution in [0.3, 0.4) is 0 Å². The molecule has 114 valence electrons. The fourth-order valence-electron chi connectivity index (χ4n) is 2.28. The maximum Gasteiger partial charge on any atom is 0.326 e. The lowest BCUT2D eigenvalue weighted by molar-refractivity contribution is -0.148. The summed E-state index contributed by atoms with van der Waals surface area (Å²) < 4.78 is 4.95. The van der Waals surface area contributed by atoms with Gasteiger partial charge in [-0.05, 0) is 12.1 Å². The van der Waals surface area contributed by atoms with E-state index in [-0.39, 0.29) is 25.3 Å². The molecule has 1 aliphatic heterocycles. The number of carbonyl (C=O) groups excluding carboxylic acids is 2. The Hall–Kier alpha value is -2.35. The van der Waals surface area contributed by atoms with E-state index in [0.29, 0.717) is 0 Å². The van der Waals surface area contributed by atoms with Crippen molar-refractivity contribution in [3.8, 4) is 0 Å². The highest BCUT2D eigenvalue weighted by Gasteiger charge is 2.39. The van der Waals surface area contributed by atoms with E-state index in [4.69, 9.17) is 9.52 Å². The standard InChI is InChI=1S/C13H16N2O6/c1-14(12(18)10-3-2-4-21-10)7-11(17)15-6-8(16)5-9(15)13(19)20/h2-4,8-9,16H,5-7H2,1H3,(H,19,20)/t8-,9+/m1/s1. The maximum absolute atomic E-state index is 12.1. The van der Waals surface area contributed by atoms with Gasteiger partial charge in [-0.15, -0.1) is 0 Å². The van der Waals surface area contributed by atoms with Crippen LogP contribution >= 0.6 is 0 Å². The number of amides is 2. The number of hydrogen-bond acceptors (Lipinski definition) is 5. The highest BCUT2D eigenvalue weighted by atomic mass is 16.4. The van der Waals surface area contributed by atoms with Crippen LogP contribution in [-0.4, -0.2) is 70.1 Å². The first kappa shape index (κ1) is 15.0. The van der Waals surface area contributed by atoms with Crippen LogP contribution in [0.2, 0.25) is 0 Å². The lowest BCUT2D eigenvalue weighted by Crippen LogP contribution is -2.46. The van der Waals surface area contributed by atoms with E-state index in [9.17, 15) is 19.5 Å². The van der Waals surface area contributed by atoms with Crippen molar-refractivity contribution in [3.05, 3.63) is 24.2 Å². The summed E-state index contributed by atoms with van der Waals surface area (Å²) in [6.07, 6.45) is 0.484. The molecule has 8 nitrogen and oxygen atoms in total. The van der Waals surface area contributed by atoms with Gasteiger partial charge in [-0.1, -0.05) is 0 Å². The highest BCUT2D eigenvalue weighted by molar-refractivity contribution is 5.94. The Kier molecular flexibility index (Phi) is 4.27. The molecule has 0 saturated carbocycles. The van der Waals surface area contributed by atoms with E-state index in [2.05, 4.69) is 0 Å². The number of hydrogen-bond donors (Lipinski definition) is 2. The third-order valence-corrected chi connectivity index (χ3v) is 3.34. The molecular weight excluding hydrogens is 280 g/mol. The van der Waals surface area contributed by atoms with Gasteiger partial charge in [-0.25, -0.2) is 4.79 Å². The van der Waals surface area contributed by atoms with Gasteiger partial charge in [0.05, 0.1) is 18.9 Å². The number of rotatable bonds is 4. The van der Waals surface area contributed by atoms with Crippen LogP contribution in [0, 0.1) is 0 Å². The van der Waals surface area contributed by atoms with Crippen molar-refractivity contribution in [2.45, 2.75) is 18.6 Å². The first-order chi connectivity index (χ1) is 9.90. The predicted octanol–water partition coefficient (Wildman–Crippen LogP) is -0.602. The van der Waals surface area contributed by atoms with Crippen molar-refractivity contribution in [1.29, 1.82) is 0 Å². The number of carboxylic acids is 1. The minimum Gasteiger partial charge on any atom is -0.480 e. The Morgan fingerprint density at radius 3 is 2.76 bits per heavy atom. The van der Waals surface area contributed by atoms with Crippen LogP contribution in [0.15, 0.2) is 22.8 Å². The summed E-state index contributed by atoms with van der Waals surface area (Å²) in [6, 6.07) is 1.97. The van der Waals surface area contributed by atoms with Gasteiger partial charge in [0, 0.05) is 20.0 Å². The molecular formula is C13H16N2O6. The summed E-state index contributed by atoms with van der Waals surface area (Å²) in [5.41, 5.74) is 0. The zero-order valence-corrected chi connectivity index (χ0v) is 11.4. The molecule has 2 rings (SSSR count). The number of nitrogens with zero attached hydrogens (tertiary/aromatic N) is 2. The molecule has 2 amide bonds. The third-order valence-electron chi connectivity index (χ3n) is 3.34. The molecule has 2 heterocycles. The first-order valence-corrected chi connectivity index (χ1v) is 6.39. The van der Waals surface area contributed by atoms with Gasteiger partial charge in [0.25, 0.3) is 5.91 Å². The minimum atomic E-state index is -1.17. The number of aliphatic carboxylic acids is 1. The smallest absolute Gasteiger partial charge is 0.326 e. The van der Waals surface area contributed by atoms with Gasteiger partial charge in [0.2, 0.25) is 5.91 Å². The number of aliphatic hydroxyl groups excluding tert-OH is 1. The number of carboxylic acid groups (broad SMARTS) is 1. The molecule has 0 spiro atoms. The van der Waals surface area contributed by atoms with Crippen molar-refractivity contribution in [2.24, 2.45) is 0 Å². The molecule has 0 unspecified atom stereocenters. The van der Waals surface area contributed by atoms with Gasteiger partial charge < -0.3 is 24.4 Å². The zero-order valence-electron chi connectivity index (χ0n) is 11.4. The number of carbonyl (C=O) groups is 3. The van der Waals surface area contributed by atoms with E-state index < -0.39 is 29.9 Å². The number of furan rings is 1. The Morgan fingerprint density at radius 2 is 2.19 bits per heavy atom. The molecule has 1 aliphatic rings. The molecule has 21 heavy (non-hydrogen) atoms. The largest absolute Gasteiger partial charge is 0.480 e. The topological polar surface area (TPSA) is 111 Å². The Labute approximate surface area is 120 Å². The predicted molar refractivity (Wildman–Crippen MR) is 69.4 cm³/mol. The van der Waals surface area contributed by atoms with Crippen molar-refractivity contribution in [2.75, 3.05) is 20.1 Å². The molecule has 1 aromatic heterocycles. The van der Waals surface area contributed by atoms with Crippen molar-refractivity contribution < 1.29 is 29.0 Å². The quantitative estimate of drug-likeness (QED) is 0.767. The van der Waals surface area contributed by atoms with Gasteiger partial charge in [-0.2, -0.15) is 0 Å². The van der Waals surface area contributed by atoms with Crippen LogP contribution in [0.25, 0.3) is 0 Å². The molecule has 2 N–H and O–H groups in total. The van der Waals surface area contributed by atoms with Crippen LogP contribution in [0.1, 0.15) is 17.0 Å². The van der Waals surface area contributed by atoms with Gasteiger partial charge in [-0.3, -0.25) is 9.59 Å². The monoisotopic (exact) mass is 296 g/mol. The van der Waals surface area contributed by atoms with E-state index in [1.807, 2.05) is 0 Å². The van der Waals surface area contributed by atoms with Gasteiger partial charge >= 0.3 is 5.97 Å². The summed E-state index contributed by atoms with van der Waals surface area (Å²) in [5.74, 6) is -2.07. The normalized spacial score (nSPS) is 21.3. The molecule has 1 saturated heterocycles. The second-order valence-corrected chi connectivity index (χ2v) is 4.93. The fourth-order valence-corrected chi connectivity index (χ4v) is 2.28. The van der Waals surface area contributed by atoms with Crippen LogP contribution in [0.4, 0.5) is 0 Å². The number of likely N-dealkylation sites (N-methyl/N-ethyl adjacent to an activating group) is 1. The summed E-state index contributed by atoms with van der Waals surface area (Å²) in [5, 5.41) is 18.6. The molecule has 0 bridgehead atoms. The molecule has 8 heteroatoms. The van der Waals surface area contributed by atoms with E-state index in [1.165, 1.54) is 19.4 Å². The molecule has 2 atom stereocenters. The summed E-state index contributed by atoms with van der Waals surface area (Å²) in [7, 11) is 1.42. The Balaban J connectivity index is 2.00. The van der Waals surface area contributed by atoms with Crippen molar-refractivity contribution in [1.82, 2.24) is 9.80 Å². The van der Waals surface area contributed by atoms with Crippen molar-refractivity contribution in [3.63, 3.8) is 0 Å². The Bertz CT molecular complexity index is 541. The van der Waals surface area contributed by atoms with E-state index in [1.54, 1.807) is 6.07 Å². The number of likely N-dealkylation sites (tertiary alicyclic amines) is 1. The fraction of sp³-hybridized carbons (Fsp3) is 0.462. The van der Waals surface area contributed by atoms with E-state index in [0.717, 1.165) is 9.80 Å². The molecule has 1 fully saturated rings. The van der Waals surface area contributed by atoms with Crippen LogP contribution in [-0.2, 0) is 9.59 Å². The summed E-state index contributed by atoms with van der Waals surface area (Å²) in [6.45, 7) is -0.325. The number of β-amino-alcohol motifs (C(OH)–C–C–N with tert-alkyl or cyclic N) is 1. The molecule has 0 radical (unpaired) electrons.